The van der Waals surface area contributed by atoms with E-state index in [1.807, 2.05) is 25.3 Å². The minimum atomic E-state index is -0.920. The van der Waals surface area contributed by atoms with Crippen LogP contribution in [0.4, 0.5) is 0 Å². The van der Waals surface area contributed by atoms with E-state index < -0.39 is 12.0 Å². The van der Waals surface area contributed by atoms with Gasteiger partial charge in [-0.3, -0.25) is 10.1 Å². The lowest BCUT2D eigenvalue weighted by Gasteiger charge is -2.29. The summed E-state index contributed by atoms with van der Waals surface area (Å²) in [7, 11) is 0. The minimum absolute atomic E-state index is 0.0155. The number of hydrogen-bond acceptors (Lipinski definition) is 8. The Morgan fingerprint density at radius 1 is 1.14 bits per heavy atom. The monoisotopic (exact) mass is 402 g/mol. The van der Waals surface area contributed by atoms with Crippen LogP contribution < -0.4 is 14.2 Å². The van der Waals surface area contributed by atoms with Gasteiger partial charge < -0.3 is 18.9 Å². The minimum Gasteiger partial charge on any atom is -0.486 e. The van der Waals surface area contributed by atoms with E-state index in [0.29, 0.717) is 29.8 Å². The Balaban J connectivity index is 1.65. The van der Waals surface area contributed by atoms with Crippen LogP contribution in [0.2, 0.25) is 0 Å². The van der Waals surface area contributed by atoms with Crippen LogP contribution in [-0.2, 0) is 4.74 Å². The highest BCUT2D eigenvalue weighted by atomic mass is 32.1. The van der Waals surface area contributed by atoms with Crippen molar-refractivity contribution in [3.8, 4) is 17.2 Å². The number of hydrogen-bond donors (Lipinski definition) is 0. The van der Waals surface area contributed by atoms with Crippen molar-refractivity contribution < 1.29 is 23.9 Å². The number of nitrogens with zero attached hydrogens (tertiary/aromatic N) is 2. The van der Waals surface area contributed by atoms with Crippen molar-refractivity contribution in [2.75, 3.05) is 20.0 Å². The Kier molecular flexibility index (Phi) is 3.77. The van der Waals surface area contributed by atoms with Gasteiger partial charge in [-0.2, -0.15) is 0 Å². The van der Waals surface area contributed by atoms with Crippen LogP contribution in [0.25, 0.3) is 0 Å². The topological polar surface area (TPSA) is 92.4 Å². The second kappa shape index (κ2) is 6.10. The summed E-state index contributed by atoms with van der Waals surface area (Å²) in [4.78, 5) is 17.1. The molecule has 3 aliphatic heterocycles. The van der Waals surface area contributed by atoms with Crippen molar-refractivity contribution in [1.82, 2.24) is 0 Å². The first kappa shape index (κ1) is 17.3. The summed E-state index contributed by atoms with van der Waals surface area (Å²) in [6.07, 6.45) is 0. The highest BCUT2D eigenvalue weighted by molar-refractivity contribution is 7.12. The highest BCUT2D eigenvalue weighted by Gasteiger charge is 2.44. The molecule has 4 heterocycles. The molecule has 0 spiro atoms. The fraction of sp³-hybridized carbons (Fsp3) is 0.421. The van der Waals surface area contributed by atoms with Crippen LogP contribution >= 0.6 is 11.3 Å². The molecule has 0 N–H and O–H groups in total. The van der Waals surface area contributed by atoms with Crippen LogP contribution in [0.3, 0.4) is 0 Å². The molecule has 2 atom stereocenters. The summed E-state index contributed by atoms with van der Waals surface area (Å²) in [5, 5.41) is 13.8. The normalized spacial score (nSPS) is 24.1. The van der Waals surface area contributed by atoms with Crippen LogP contribution in [0.15, 0.2) is 28.6 Å². The smallest absolute Gasteiger partial charge is 0.257 e. The summed E-state index contributed by atoms with van der Waals surface area (Å²) in [6, 6.07) is 4.54. The van der Waals surface area contributed by atoms with Crippen LogP contribution in [0.1, 0.15) is 35.8 Å². The second-order valence-electron chi connectivity index (χ2n) is 7.61. The van der Waals surface area contributed by atoms with E-state index in [9.17, 15) is 10.1 Å². The van der Waals surface area contributed by atoms with Crippen molar-refractivity contribution in [1.29, 1.82) is 0 Å². The highest BCUT2D eigenvalue weighted by Crippen LogP contribution is 2.47. The van der Waals surface area contributed by atoms with E-state index in [1.165, 1.54) is 11.3 Å². The van der Waals surface area contributed by atoms with E-state index in [1.54, 1.807) is 12.1 Å². The van der Waals surface area contributed by atoms with Crippen LogP contribution in [0.5, 0.6) is 17.2 Å². The molecule has 0 aliphatic carbocycles. The van der Waals surface area contributed by atoms with Crippen molar-refractivity contribution in [2.24, 2.45) is 4.99 Å². The van der Waals surface area contributed by atoms with E-state index >= 15 is 0 Å². The molecule has 0 bridgehead atoms. The lowest BCUT2D eigenvalue weighted by Crippen LogP contribution is -2.38. The molecule has 8 nitrogen and oxygen atoms in total. The van der Waals surface area contributed by atoms with Gasteiger partial charge in [0.2, 0.25) is 12.7 Å². The average molecular weight is 402 g/mol. The molecule has 9 heteroatoms. The SMILES string of the molecule is CC1(C)COC(c2sccc2[C@H]2c3cc4c(cc3OC[C@@H]2[N+](=O)[O-])OCO4)=N1. The number of ether oxygens (including phenoxy) is 4. The summed E-state index contributed by atoms with van der Waals surface area (Å²) in [5.74, 6) is 1.80. The number of fused-ring (bicyclic) bond motifs is 2. The fourth-order valence-corrected chi connectivity index (χ4v) is 4.67. The molecule has 3 aliphatic rings. The molecule has 1 aromatic carbocycles. The number of nitro groups is 1. The Hall–Kier alpha value is -2.81. The molecule has 0 radical (unpaired) electrons. The third-order valence-electron chi connectivity index (χ3n) is 5.10. The summed E-state index contributed by atoms with van der Waals surface area (Å²) in [5.41, 5.74) is 1.24. The van der Waals surface area contributed by atoms with Gasteiger partial charge in [0.05, 0.1) is 16.3 Å². The Morgan fingerprint density at radius 3 is 2.64 bits per heavy atom. The van der Waals surface area contributed by atoms with Gasteiger partial charge in [0.15, 0.2) is 18.1 Å². The van der Waals surface area contributed by atoms with E-state index in [2.05, 4.69) is 4.99 Å². The van der Waals surface area contributed by atoms with Crippen molar-refractivity contribution in [3.05, 3.63) is 49.7 Å². The zero-order valence-corrected chi connectivity index (χ0v) is 16.2. The molecule has 5 rings (SSSR count). The zero-order chi connectivity index (χ0) is 19.5. The van der Waals surface area contributed by atoms with Gasteiger partial charge in [0, 0.05) is 16.6 Å². The molecule has 0 amide bonds. The number of benzene rings is 1. The number of thiophene rings is 1. The van der Waals surface area contributed by atoms with Crippen molar-refractivity contribution >= 4 is 17.2 Å². The van der Waals surface area contributed by atoms with Gasteiger partial charge in [-0.05, 0) is 36.9 Å². The Bertz CT molecular complexity index is 998. The third-order valence-corrected chi connectivity index (χ3v) is 6.01. The molecular weight excluding hydrogens is 384 g/mol. The molecule has 1 aromatic heterocycles. The third kappa shape index (κ3) is 2.69. The largest absolute Gasteiger partial charge is 0.486 e. The molecule has 2 aromatic rings. The maximum atomic E-state index is 11.9. The first-order valence-electron chi connectivity index (χ1n) is 8.93. The van der Waals surface area contributed by atoms with Gasteiger partial charge in [-0.15, -0.1) is 11.3 Å². The van der Waals surface area contributed by atoms with Gasteiger partial charge in [-0.1, -0.05) is 0 Å². The zero-order valence-electron chi connectivity index (χ0n) is 15.3. The summed E-state index contributed by atoms with van der Waals surface area (Å²) in [6.45, 7) is 4.60. The second-order valence-corrected chi connectivity index (χ2v) is 8.52. The fourth-order valence-electron chi connectivity index (χ4n) is 3.78. The average Bonchev–Trinajstić information content (AvgIpc) is 3.37. The lowest BCUT2D eigenvalue weighted by molar-refractivity contribution is -0.528. The first-order valence-corrected chi connectivity index (χ1v) is 9.81. The van der Waals surface area contributed by atoms with Crippen LogP contribution in [-0.4, -0.2) is 42.4 Å². The quantitative estimate of drug-likeness (QED) is 0.578. The Labute approximate surface area is 164 Å². The molecular formula is C19H18N2O6S. The van der Waals surface area contributed by atoms with Gasteiger partial charge in [-0.25, -0.2) is 4.99 Å². The Morgan fingerprint density at radius 2 is 1.93 bits per heavy atom. The summed E-state index contributed by atoms with van der Waals surface area (Å²) >= 11 is 1.48. The molecule has 0 saturated carbocycles. The van der Waals surface area contributed by atoms with Gasteiger partial charge in [0.1, 0.15) is 12.4 Å². The van der Waals surface area contributed by atoms with E-state index in [0.717, 1.165) is 16.0 Å². The van der Waals surface area contributed by atoms with Gasteiger partial charge in [0.25, 0.3) is 6.04 Å². The molecule has 28 heavy (non-hydrogen) atoms. The maximum Gasteiger partial charge on any atom is 0.257 e. The first-order chi connectivity index (χ1) is 13.4. The van der Waals surface area contributed by atoms with E-state index in [-0.39, 0.29) is 23.9 Å². The van der Waals surface area contributed by atoms with Gasteiger partial charge >= 0.3 is 0 Å². The standard InChI is InChI=1S/C19H18N2O6S/c1-19(2)8-25-18(20-19)17-10(3-4-28-17)16-11-5-14-15(27-9-26-14)6-13(11)24-7-12(16)21(22)23/h3-6,12,16H,7-9H2,1-2H3/t12-,16-/m0/s1. The number of rotatable bonds is 3. The lowest BCUT2D eigenvalue weighted by atomic mass is 9.83. The van der Waals surface area contributed by atoms with Crippen LogP contribution in [0, 0.1) is 10.1 Å². The predicted molar refractivity (Wildman–Crippen MR) is 102 cm³/mol. The predicted octanol–water partition coefficient (Wildman–Crippen LogP) is 3.20. The van der Waals surface area contributed by atoms with Crippen molar-refractivity contribution in [3.63, 3.8) is 0 Å². The number of aliphatic imine (C=N–C) groups is 1. The summed E-state index contributed by atoms with van der Waals surface area (Å²) < 4.78 is 22.4. The van der Waals surface area contributed by atoms with Crippen molar-refractivity contribution in [2.45, 2.75) is 31.3 Å². The maximum absolute atomic E-state index is 11.9. The van der Waals surface area contributed by atoms with E-state index in [4.69, 9.17) is 18.9 Å². The molecule has 0 unspecified atom stereocenters. The molecule has 0 fully saturated rings. The molecule has 146 valence electrons. The molecule has 0 saturated heterocycles.